The van der Waals surface area contributed by atoms with Gasteiger partial charge in [-0.15, -0.1) is 0 Å². The van der Waals surface area contributed by atoms with Crippen molar-refractivity contribution in [1.82, 2.24) is 0 Å². The van der Waals surface area contributed by atoms with Crippen molar-refractivity contribution in [3.8, 4) is 0 Å². The number of nitrogens with two attached hydrogens (primary N) is 1. The van der Waals surface area contributed by atoms with E-state index in [1.807, 2.05) is 0 Å². The van der Waals surface area contributed by atoms with Crippen LogP contribution in [-0.2, 0) is 19.1 Å². The minimum Gasteiger partial charge on any atom is -0.466 e. The fourth-order valence-electron chi connectivity index (χ4n) is 3.97. The maximum Gasteiger partial charge on any atom is 0.323 e. The molecule has 34 heavy (non-hydrogen) atoms. The molecule has 197 valence electrons. The van der Waals surface area contributed by atoms with Crippen molar-refractivity contribution in [2.75, 3.05) is 13.2 Å². The predicted octanol–water partition coefficient (Wildman–Crippen LogP) is 7.25. The fourth-order valence-corrected chi connectivity index (χ4v) is 3.97. The van der Waals surface area contributed by atoms with Crippen LogP contribution >= 0.6 is 0 Å². The Morgan fingerprint density at radius 1 is 0.559 bits per heavy atom. The third-order valence-corrected chi connectivity index (χ3v) is 6.19. The first-order valence-electron chi connectivity index (χ1n) is 14.2. The largest absolute Gasteiger partial charge is 0.466 e. The van der Waals surface area contributed by atoms with E-state index in [0.717, 1.165) is 25.7 Å². The van der Waals surface area contributed by atoms with Crippen LogP contribution in [0.3, 0.4) is 0 Å². The van der Waals surface area contributed by atoms with Gasteiger partial charge in [0.25, 0.3) is 0 Å². The molecule has 5 nitrogen and oxygen atoms in total. The SMILES string of the molecule is CCCCCCCCCCCCOC(=O)C[C@H](N)C(=O)OCCCCCCCCCCCC.[Na]. The summed E-state index contributed by atoms with van der Waals surface area (Å²) in [5.41, 5.74) is 5.80. The summed E-state index contributed by atoms with van der Waals surface area (Å²) in [6.45, 7) is 5.28. The van der Waals surface area contributed by atoms with Crippen LogP contribution in [0, 0.1) is 0 Å². The van der Waals surface area contributed by atoms with Crippen LogP contribution < -0.4 is 5.73 Å². The van der Waals surface area contributed by atoms with E-state index < -0.39 is 18.0 Å². The summed E-state index contributed by atoms with van der Waals surface area (Å²) in [4.78, 5) is 23.8. The summed E-state index contributed by atoms with van der Waals surface area (Å²) in [5, 5.41) is 0. The Labute approximate surface area is 233 Å². The first-order chi connectivity index (χ1) is 16.1. The summed E-state index contributed by atoms with van der Waals surface area (Å²) in [5.74, 6) is -0.906. The van der Waals surface area contributed by atoms with Crippen LogP contribution in [0.15, 0.2) is 0 Å². The molecule has 1 radical (unpaired) electrons. The second-order valence-electron chi connectivity index (χ2n) is 9.56. The standard InChI is InChI=1S/C28H55NO4.Na/c1-3-5-7-9-11-13-15-17-19-21-23-32-27(30)25-26(29)28(31)33-24-22-20-18-16-14-12-10-8-6-4-2;/h26H,3-25,29H2,1-2H3;/t26-;/m0./s1. The average molecular weight is 493 g/mol. The van der Waals surface area contributed by atoms with E-state index in [0.29, 0.717) is 13.2 Å². The van der Waals surface area contributed by atoms with E-state index in [1.165, 1.54) is 103 Å². The van der Waals surface area contributed by atoms with Gasteiger partial charge in [0.05, 0.1) is 19.6 Å². The number of hydrogen-bond donors (Lipinski definition) is 1. The molecular formula is C28H55NNaO4. The molecule has 0 aromatic carbocycles. The Morgan fingerprint density at radius 2 is 0.882 bits per heavy atom. The Bertz CT molecular complexity index is 448. The van der Waals surface area contributed by atoms with Gasteiger partial charge in [-0.05, 0) is 12.8 Å². The minimum atomic E-state index is -0.923. The Balaban J connectivity index is 0. The molecule has 0 saturated carbocycles. The number of carbonyl (C=O) groups excluding carboxylic acids is 2. The van der Waals surface area contributed by atoms with Crippen molar-refractivity contribution in [3.05, 3.63) is 0 Å². The zero-order valence-corrected chi connectivity index (χ0v) is 25.1. The molecule has 0 bridgehead atoms. The van der Waals surface area contributed by atoms with E-state index in [4.69, 9.17) is 15.2 Å². The van der Waals surface area contributed by atoms with Crippen molar-refractivity contribution < 1.29 is 19.1 Å². The molecule has 0 aliphatic carbocycles. The van der Waals surface area contributed by atoms with E-state index in [9.17, 15) is 9.59 Å². The molecular weight excluding hydrogens is 437 g/mol. The zero-order valence-electron chi connectivity index (χ0n) is 23.1. The van der Waals surface area contributed by atoms with Crippen molar-refractivity contribution in [2.45, 2.75) is 155 Å². The fraction of sp³-hybridized carbons (Fsp3) is 0.929. The monoisotopic (exact) mass is 492 g/mol. The van der Waals surface area contributed by atoms with Crippen molar-refractivity contribution in [1.29, 1.82) is 0 Å². The summed E-state index contributed by atoms with van der Waals surface area (Å²) in [6.07, 6.45) is 24.7. The van der Waals surface area contributed by atoms with Crippen molar-refractivity contribution in [3.63, 3.8) is 0 Å². The normalized spacial score (nSPS) is 11.6. The van der Waals surface area contributed by atoms with Crippen LogP contribution in [0.4, 0.5) is 0 Å². The molecule has 0 saturated heterocycles. The molecule has 0 aromatic heterocycles. The van der Waals surface area contributed by atoms with Gasteiger partial charge in [0.2, 0.25) is 0 Å². The molecule has 1 atom stereocenters. The number of rotatable bonds is 25. The van der Waals surface area contributed by atoms with Gasteiger partial charge < -0.3 is 15.2 Å². The van der Waals surface area contributed by atoms with Crippen LogP contribution in [-0.4, -0.2) is 60.8 Å². The molecule has 0 fully saturated rings. The van der Waals surface area contributed by atoms with Crippen LogP contribution in [0.25, 0.3) is 0 Å². The van der Waals surface area contributed by atoms with Gasteiger partial charge in [-0.2, -0.15) is 0 Å². The molecule has 0 aliphatic rings. The van der Waals surface area contributed by atoms with Gasteiger partial charge in [0.1, 0.15) is 6.04 Å². The average Bonchev–Trinajstić information content (AvgIpc) is 2.80. The van der Waals surface area contributed by atoms with E-state index in [-0.39, 0.29) is 36.0 Å². The number of carbonyl (C=O) groups is 2. The first kappa shape index (κ1) is 36.1. The number of unbranched alkanes of at least 4 members (excludes halogenated alkanes) is 18. The number of hydrogen-bond acceptors (Lipinski definition) is 5. The summed E-state index contributed by atoms with van der Waals surface area (Å²) in [6, 6.07) is -0.923. The third-order valence-electron chi connectivity index (χ3n) is 6.19. The summed E-state index contributed by atoms with van der Waals surface area (Å²) >= 11 is 0. The van der Waals surface area contributed by atoms with Crippen molar-refractivity contribution in [2.24, 2.45) is 5.73 Å². The molecule has 6 heteroatoms. The maximum atomic E-state index is 11.9. The van der Waals surface area contributed by atoms with Gasteiger partial charge in [0, 0.05) is 29.6 Å². The quantitative estimate of drug-likeness (QED) is 0.0824. The van der Waals surface area contributed by atoms with Gasteiger partial charge in [0.15, 0.2) is 0 Å². The van der Waals surface area contributed by atoms with Gasteiger partial charge in [-0.25, -0.2) is 0 Å². The predicted molar refractivity (Wildman–Crippen MR) is 144 cm³/mol. The summed E-state index contributed by atoms with van der Waals surface area (Å²) in [7, 11) is 0. The van der Waals surface area contributed by atoms with Crippen LogP contribution in [0.1, 0.15) is 149 Å². The molecule has 0 unspecified atom stereocenters. The first-order valence-corrected chi connectivity index (χ1v) is 14.2. The van der Waals surface area contributed by atoms with E-state index in [2.05, 4.69) is 13.8 Å². The van der Waals surface area contributed by atoms with Crippen LogP contribution in [0.5, 0.6) is 0 Å². The van der Waals surface area contributed by atoms with Crippen molar-refractivity contribution >= 4 is 41.5 Å². The molecule has 2 N–H and O–H groups in total. The molecule has 0 rings (SSSR count). The van der Waals surface area contributed by atoms with E-state index >= 15 is 0 Å². The molecule has 0 amide bonds. The second-order valence-corrected chi connectivity index (χ2v) is 9.56. The second kappa shape index (κ2) is 29.1. The van der Waals surface area contributed by atoms with Gasteiger partial charge >= 0.3 is 11.9 Å². The Morgan fingerprint density at radius 3 is 1.26 bits per heavy atom. The topological polar surface area (TPSA) is 78.6 Å². The molecule has 0 aliphatic heterocycles. The zero-order chi connectivity index (χ0) is 24.4. The maximum absolute atomic E-state index is 11.9. The minimum absolute atomic E-state index is 0. The van der Waals surface area contributed by atoms with Gasteiger partial charge in [-0.3, -0.25) is 9.59 Å². The molecule has 0 spiro atoms. The molecule has 0 heterocycles. The Hall–Kier alpha value is -0.100. The number of esters is 2. The smallest absolute Gasteiger partial charge is 0.323 e. The molecule has 0 aromatic rings. The Kier molecular flexibility index (Phi) is 30.9. The van der Waals surface area contributed by atoms with E-state index in [1.54, 1.807) is 0 Å². The van der Waals surface area contributed by atoms with Gasteiger partial charge in [-0.1, -0.05) is 129 Å². The number of ether oxygens (including phenoxy) is 2. The van der Waals surface area contributed by atoms with Crippen LogP contribution in [0.2, 0.25) is 0 Å². The summed E-state index contributed by atoms with van der Waals surface area (Å²) < 4.78 is 10.4. The third kappa shape index (κ3) is 26.5.